The minimum absolute atomic E-state index is 0.0295. The van der Waals surface area contributed by atoms with E-state index in [4.69, 9.17) is 14.6 Å². The minimum atomic E-state index is -1.20. The Morgan fingerprint density at radius 2 is 1.59 bits per heavy atom. The van der Waals surface area contributed by atoms with Crippen molar-refractivity contribution in [2.45, 2.75) is 12.2 Å². The van der Waals surface area contributed by atoms with E-state index in [0.717, 1.165) is 6.08 Å². The second kappa shape index (κ2) is 10.2. The molecular formula is C24H21NO7. The lowest BCUT2D eigenvalue weighted by atomic mass is 9.96. The van der Waals surface area contributed by atoms with E-state index in [-0.39, 0.29) is 11.3 Å². The third-order valence-corrected chi connectivity index (χ3v) is 4.73. The Balaban J connectivity index is 1.96. The van der Waals surface area contributed by atoms with Gasteiger partial charge in [0.05, 0.1) is 0 Å². The zero-order chi connectivity index (χ0) is 23.1. The summed E-state index contributed by atoms with van der Waals surface area (Å²) >= 11 is 0. The number of carbonyl (C=O) groups is 3. The molecule has 0 aliphatic carbocycles. The first-order valence-corrected chi connectivity index (χ1v) is 9.62. The number of aliphatic carboxylic acids is 1. The van der Waals surface area contributed by atoms with Crippen LogP contribution in [0, 0.1) is 0 Å². The highest BCUT2D eigenvalue weighted by molar-refractivity contribution is 6.03. The highest BCUT2D eigenvalue weighted by atomic mass is 16.6. The van der Waals surface area contributed by atoms with E-state index >= 15 is 0 Å². The topological polar surface area (TPSA) is 122 Å². The van der Waals surface area contributed by atoms with Crippen LogP contribution in [0.4, 0.5) is 4.79 Å². The van der Waals surface area contributed by atoms with E-state index < -0.39 is 30.2 Å². The molecule has 3 rings (SSSR count). The molecule has 0 spiro atoms. The number of fused-ring (bicyclic) bond motifs is 1. The van der Waals surface area contributed by atoms with Gasteiger partial charge in [0.15, 0.2) is 6.10 Å². The first-order chi connectivity index (χ1) is 15.4. The summed E-state index contributed by atoms with van der Waals surface area (Å²) in [6.45, 7) is 0. The molecule has 164 valence electrons. The number of alkyl carbamates (subject to hydrolysis) is 1. The van der Waals surface area contributed by atoms with Gasteiger partial charge in [-0.25, -0.2) is 9.59 Å². The Kier molecular flexibility index (Phi) is 7.20. The van der Waals surface area contributed by atoms with Crippen molar-refractivity contribution < 1.29 is 34.1 Å². The van der Waals surface area contributed by atoms with Crippen molar-refractivity contribution in [2.75, 3.05) is 7.11 Å². The number of phenols is 1. The molecule has 8 nitrogen and oxygen atoms in total. The second-order valence-electron chi connectivity index (χ2n) is 6.76. The molecule has 3 aromatic rings. The lowest BCUT2D eigenvalue weighted by Gasteiger charge is -2.25. The fraction of sp³-hybridized carbons (Fsp3) is 0.125. The zero-order valence-corrected chi connectivity index (χ0v) is 17.1. The maximum atomic E-state index is 12.6. The van der Waals surface area contributed by atoms with Crippen LogP contribution >= 0.6 is 0 Å². The van der Waals surface area contributed by atoms with Crippen molar-refractivity contribution in [1.29, 1.82) is 0 Å². The molecule has 0 unspecified atom stereocenters. The van der Waals surface area contributed by atoms with Crippen LogP contribution in [0.3, 0.4) is 0 Å². The van der Waals surface area contributed by atoms with Gasteiger partial charge >= 0.3 is 12.1 Å². The third kappa shape index (κ3) is 5.30. The number of carboxylic acid groups (broad SMARTS) is 1. The monoisotopic (exact) mass is 435 g/mol. The molecule has 0 saturated carbocycles. The van der Waals surface area contributed by atoms with Gasteiger partial charge in [0.1, 0.15) is 11.9 Å². The number of carbonyl (C=O) groups excluding carboxylic acids is 2. The van der Waals surface area contributed by atoms with Crippen LogP contribution in [0.15, 0.2) is 78.9 Å². The molecule has 3 N–H and O–H groups in total. The predicted molar refractivity (Wildman–Crippen MR) is 116 cm³/mol. The second-order valence-corrected chi connectivity index (χ2v) is 6.76. The van der Waals surface area contributed by atoms with Gasteiger partial charge < -0.3 is 19.7 Å². The van der Waals surface area contributed by atoms with Gasteiger partial charge in [-0.15, -0.1) is 0 Å². The van der Waals surface area contributed by atoms with Crippen LogP contribution in [0.25, 0.3) is 10.8 Å². The van der Waals surface area contributed by atoms with Gasteiger partial charge in [-0.05, 0) is 29.7 Å². The molecule has 0 heterocycles. The van der Waals surface area contributed by atoms with Gasteiger partial charge in [0.25, 0.3) is 5.91 Å². The summed E-state index contributed by atoms with van der Waals surface area (Å²) in [5.41, 5.74) is 0.729. The summed E-state index contributed by atoms with van der Waals surface area (Å²) in [6, 6.07) is 18.0. The third-order valence-electron chi connectivity index (χ3n) is 4.73. The fourth-order valence-corrected chi connectivity index (χ4v) is 3.24. The van der Waals surface area contributed by atoms with Gasteiger partial charge in [-0.1, -0.05) is 48.5 Å². The number of hydrogen-bond acceptors (Lipinski definition) is 6. The highest BCUT2D eigenvalue weighted by Crippen LogP contribution is 2.35. The van der Waals surface area contributed by atoms with Crippen molar-refractivity contribution in [2.24, 2.45) is 0 Å². The van der Waals surface area contributed by atoms with Crippen LogP contribution < -0.4 is 5.32 Å². The molecule has 0 bridgehead atoms. The zero-order valence-electron chi connectivity index (χ0n) is 17.1. The van der Waals surface area contributed by atoms with E-state index in [9.17, 15) is 19.5 Å². The molecule has 0 fully saturated rings. The number of amides is 2. The van der Waals surface area contributed by atoms with Crippen LogP contribution in [0.5, 0.6) is 5.75 Å². The maximum Gasteiger partial charge on any atom is 0.414 e. The lowest BCUT2D eigenvalue weighted by molar-refractivity contribution is -0.131. The first kappa shape index (κ1) is 22.5. The molecular weight excluding hydrogens is 414 g/mol. The van der Waals surface area contributed by atoms with Gasteiger partial charge in [0, 0.05) is 29.7 Å². The van der Waals surface area contributed by atoms with E-state index in [1.807, 2.05) is 0 Å². The molecule has 32 heavy (non-hydrogen) atoms. The average Bonchev–Trinajstić information content (AvgIpc) is 2.79. The number of carboxylic acids is 1. The number of ether oxygens (including phenoxy) is 2. The Morgan fingerprint density at radius 1 is 0.938 bits per heavy atom. The van der Waals surface area contributed by atoms with Gasteiger partial charge in [0.2, 0.25) is 0 Å². The summed E-state index contributed by atoms with van der Waals surface area (Å²) in [5, 5.41) is 22.4. The SMILES string of the molecule is CO[C@@H](/C=C/C(=O)O)[C@@H](OC(=O)NC(=O)c1ccccc1)c1ccc(O)c2ccccc12. The predicted octanol–water partition coefficient (Wildman–Crippen LogP) is 3.81. The molecule has 0 aliphatic rings. The number of nitrogens with one attached hydrogen (secondary N) is 1. The first-order valence-electron chi connectivity index (χ1n) is 9.62. The van der Waals surface area contributed by atoms with E-state index in [0.29, 0.717) is 16.3 Å². The van der Waals surface area contributed by atoms with Crippen LogP contribution in [0.2, 0.25) is 0 Å². The van der Waals surface area contributed by atoms with Gasteiger partial charge in [-0.3, -0.25) is 10.1 Å². The Labute approximate surface area is 183 Å². The quantitative estimate of drug-likeness (QED) is 0.482. The molecule has 3 aromatic carbocycles. The summed E-state index contributed by atoms with van der Waals surface area (Å²) in [7, 11) is 1.34. The summed E-state index contributed by atoms with van der Waals surface area (Å²) in [4.78, 5) is 35.9. The molecule has 8 heteroatoms. The normalized spacial score (nSPS) is 12.9. The Morgan fingerprint density at radius 3 is 2.25 bits per heavy atom. The highest BCUT2D eigenvalue weighted by Gasteiger charge is 2.28. The van der Waals surface area contributed by atoms with Crippen LogP contribution in [-0.2, 0) is 14.3 Å². The summed E-state index contributed by atoms with van der Waals surface area (Å²) in [6.07, 6.45) is -1.03. The van der Waals surface area contributed by atoms with Crippen molar-refractivity contribution in [1.82, 2.24) is 5.32 Å². The fourth-order valence-electron chi connectivity index (χ4n) is 3.24. The standard InChI is InChI=1S/C24H21NO7/c1-31-20(13-14-21(27)28)22(18-11-12-19(26)17-10-6-5-9-16(17)18)32-24(30)25-23(29)15-7-3-2-4-8-15/h2-14,20,22,26H,1H3,(H,27,28)(H,25,29,30)/b14-13+/t20-,22-/m0/s1. The summed E-state index contributed by atoms with van der Waals surface area (Å²) < 4.78 is 10.9. The molecule has 0 aliphatic heterocycles. The minimum Gasteiger partial charge on any atom is -0.507 e. The number of benzene rings is 3. The molecule has 0 aromatic heterocycles. The van der Waals surface area contributed by atoms with E-state index in [1.165, 1.54) is 19.3 Å². The van der Waals surface area contributed by atoms with Crippen LogP contribution in [0.1, 0.15) is 22.0 Å². The van der Waals surface area contributed by atoms with Gasteiger partial charge in [-0.2, -0.15) is 0 Å². The van der Waals surface area contributed by atoms with E-state index in [2.05, 4.69) is 5.32 Å². The van der Waals surface area contributed by atoms with Crippen molar-refractivity contribution in [3.63, 3.8) is 0 Å². The number of phenolic OH excluding ortho intramolecular Hbond substituents is 1. The number of hydrogen-bond donors (Lipinski definition) is 3. The molecule has 0 radical (unpaired) electrons. The number of aromatic hydroxyl groups is 1. The number of rotatable bonds is 7. The van der Waals surface area contributed by atoms with E-state index in [1.54, 1.807) is 60.7 Å². The van der Waals surface area contributed by atoms with Crippen molar-refractivity contribution in [3.8, 4) is 5.75 Å². The molecule has 2 amide bonds. The van der Waals surface area contributed by atoms with Crippen molar-refractivity contribution >= 4 is 28.7 Å². The molecule has 2 atom stereocenters. The maximum absolute atomic E-state index is 12.6. The average molecular weight is 435 g/mol. The smallest absolute Gasteiger partial charge is 0.414 e. The number of imide groups is 1. The molecule has 0 saturated heterocycles. The number of methoxy groups -OCH3 is 1. The Bertz CT molecular complexity index is 1160. The van der Waals surface area contributed by atoms with Crippen molar-refractivity contribution in [3.05, 3.63) is 90.0 Å². The lowest BCUT2D eigenvalue weighted by Crippen LogP contribution is -2.34. The summed E-state index contributed by atoms with van der Waals surface area (Å²) in [5.74, 6) is -1.83. The van der Waals surface area contributed by atoms with Crippen LogP contribution in [-0.4, -0.2) is 41.4 Å². The largest absolute Gasteiger partial charge is 0.507 e. The Hall–Kier alpha value is -4.17.